The normalized spacial score (nSPS) is 15.0. The number of anilines is 1. The molecule has 0 unspecified atom stereocenters. The van der Waals surface area contributed by atoms with Gasteiger partial charge in [-0.3, -0.25) is 0 Å². The minimum Gasteiger partial charge on any atom is -0.459 e. The van der Waals surface area contributed by atoms with Crippen LogP contribution in [0.15, 0.2) is 24.3 Å². The number of hydrogen-bond acceptors (Lipinski definition) is 3. The highest BCUT2D eigenvalue weighted by Gasteiger charge is 2.15. The number of carbonyl (C=O) groups excluding carboxylic acids is 1. The standard InChI is InChI=1S/C16H22N2O2S/c1-11(2)20-15(19)12-7-9-14(10-8-12)18-16(21)17-13-5-3-4-6-13/h7-11,13H,3-6H2,1-2H3,(H2,17,18,21). The summed E-state index contributed by atoms with van der Waals surface area (Å²) in [7, 11) is 0. The third kappa shape index (κ3) is 5.01. The van der Waals surface area contributed by atoms with Crippen molar-refractivity contribution in [3.8, 4) is 0 Å². The van der Waals surface area contributed by atoms with Crippen molar-refractivity contribution < 1.29 is 9.53 Å². The fraction of sp³-hybridized carbons (Fsp3) is 0.500. The van der Waals surface area contributed by atoms with Crippen molar-refractivity contribution in [1.29, 1.82) is 0 Å². The number of benzene rings is 1. The Morgan fingerprint density at radius 1 is 1.24 bits per heavy atom. The number of esters is 1. The maximum Gasteiger partial charge on any atom is 0.338 e. The molecule has 0 bridgehead atoms. The third-order valence-electron chi connectivity index (χ3n) is 3.41. The summed E-state index contributed by atoms with van der Waals surface area (Å²) in [6.45, 7) is 3.67. The van der Waals surface area contributed by atoms with Gasteiger partial charge < -0.3 is 15.4 Å². The van der Waals surface area contributed by atoms with Crippen molar-refractivity contribution in [2.75, 3.05) is 5.32 Å². The van der Waals surface area contributed by atoms with E-state index in [0.717, 1.165) is 5.69 Å². The van der Waals surface area contributed by atoms with Gasteiger partial charge in [-0.2, -0.15) is 0 Å². The lowest BCUT2D eigenvalue weighted by atomic mass is 10.2. The van der Waals surface area contributed by atoms with Crippen LogP contribution in [0.25, 0.3) is 0 Å². The summed E-state index contributed by atoms with van der Waals surface area (Å²) in [5, 5.41) is 7.10. The Morgan fingerprint density at radius 2 is 1.86 bits per heavy atom. The van der Waals surface area contributed by atoms with Crippen molar-refractivity contribution >= 4 is 29.0 Å². The zero-order chi connectivity index (χ0) is 15.2. The summed E-state index contributed by atoms with van der Waals surface area (Å²) in [5.41, 5.74) is 1.41. The summed E-state index contributed by atoms with van der Waals surface area (Å²) in [5.74, 6) is -0.303. The van der Waals surface area contributed by atoms with Crippen molar-refractivity contribution in [2.45, 2.75) is 51.7 Å². The lowest BCUT2D eigenvalue weighted by molar-refractivity contribution is 0.0378. The molecule has 21 heavy (non-hydrogen) atoms. The van der Waals surface area contributed by atoms with E-state index >= 15 is 0 Å². The number of thiocarbonyl (C=S) groups is 1. The quantitative estimate of drug-likeness (QED) is 0.659. The van der Waals surface area contributed by atoms with Gasteiger partial charge in [-0.1, -0.05) is 12.8 Å². The molecule has 1 aliphatic rings. The van der Waals surface area contributed by atoms with Crippen molar-refractivity contribution in [3.05, 3.63) is 29.8 Å². The molecule has 114 valence electrons. The first-order chi connectivity index (χ1) is 10.0. The maximum absolute atomic E-state index is 11.7. The van der Waals surface area contributed by atoms with Gasteiger partial charge in [-0.25, -0.2) is 4.79 Å². The van der Waals surface area contributed by atoms with E-state index in [1.165, 1.54) is 25.7 Å². The number of nitrogens with one attached hydrogen (secondary N) is 2. The molecule has 0 atom stereocenters. The highest BCUT2D eigenvalue weighted by molar-refractivity contribution is 7.80. The molecule has 0 amide bonds. The molecule has 1 aromatic rings. The Morgan fingerprint density at radius 3 is 2.43 bits per heavy atom. The van der Waals surface area contributed by atoms with Gasteiger partial charge in [0, 0.05) is 11.7 Å². The van der Waals surface area contributed by atoms with Crippen LogP contribution in [-0.4, -0.2) is 23.2 Å². The van der Waals surface area contributed by atoms with E-state index in [1.807, 2.05) is 26.0 Å². The van der Waals surface area contributed by atoms with Crippen LogP contribution in [0.3, 0.4) is 0 Å². The van der Waals surface area contributed by atoms with E-state index < -0.39 is 0 Å². The molecule has 0 radical (unpaired) electrons. The summed E-state index contributed by atoms with van der Waals surface area (Å²) >= 11 is 5.30. The molecule has 5 heteroatoms. The lowest BCUT2D eigenvalue weighted by Gasteiger charge is -2.16. The van der Waals surface area contributed by atoms with Gasteiger partial charge in [0.2, 0.25) is 0 Å². The molecule has 1 saturated carbocycles. The van der Waals surface area contributed by atoms with Crippen molar-refractivity contribution in [1.82, 2.24) is 5.32 Å². The van der Waals surface area contributed by atoms with E-state index in [0.29, 0.717) is 16.7 Å². The van der Waals surface area contributed by atoms with Crippen LogP contribution < -0.4 is 10.6 Å². The molecule has 0 heterocycles. The first-order valence-electron chi connectivity index (χ1n) is 7.43. The molecular formula is C16H22N2O2S. The first-order valence-corrected chi connectivity index (χ1v) is 7.84. The number of carbonyl (C=O) groups is 1. The zero-order valence-corrected chi connectivity index (χ0v) is 13.3. The SMILES string of the molecule is CC(C)OC(=O)c1ccc(NC(=S)NC2CCCC2)cc1. The predicted molar refractivity (Wildman–Crippen MR) is 88.6 cm³/mol. The zero-order valence-electron chi connectivity index (χ0n) is 12.5. The second kappa shape index (κ2) is 7.41. The summed E-state index contributed by atoms with van der Waals surface area (Å²) in [6, 6.07) is 7.64. The molecule has 1 aliphatic carbocycles. The topological polar surface area (TPSA) is 50.4 Å². The number of ether oxygens (including phenoxy) is 1. The molecule has 0 aromatic heterocycles. The van der Waals surface area contributed by atoms with E-state index in [-0.39, 0.29) is 12.1 Å². The van der Waals surface area contributed by atoms with Crippen molar-refractivity contribution in [2.24, 2.45) is 0 Å². The molecular weight excluding hydrogens is 284 g/mol. The highest BCUT2D eigenvalue weighted by atomic mass is 32.1. The van der Waals surface area contributed by atoms with Crippen LogP contribution in [0.5, 0.6) is 0 Å². The van der Waals surface area contributed by atoms with Gasteiger partial charge in [0.1, 0.15) is 0 Å². The Balaban J connectivity index is 1.86. The van der Waals surface area contributed by atoms with Crippen LogP contribution >= 0.6 is 12.2 Å². The van der Waals surface area contributed by atoms with Gasteiger partial charge in [0.25, 0.3) is 0 Å². The Bertz CT molecular complexity index is 494. The fourth-order valence-corrected chi connectivity index (χ4v) is 2.68. The Kier molecular flexibility index (Phi) is 5.56. The van der Waals surface area contributed by atoms with Crippen LogP contribution in [0.4, 0.5) is 5.69 Å². The average Bonchev–Trinajstić information content (AvgIpc) is 2.91. The predicted octanol–water partition coefficient (Wildman–Crippen LogP) is 3.48. The van der Waals surface area contributed by atoms with Gasteiger partial charge in [0.05, 0.1) is 11.7 Å². The monoisotopic (exact) mass is 306 g/mol. The summed E-state index contributed by atoms with van der Waals surface area (Å²) in [4.78, 5) is 11.7. The molecule has 0 saturated heterocycles. The van der Waals surface area contributed by atoms with Crippen LogP contribution in [-0.2, 0) is 4.74 Å². The second-order valence-electron chi connectivity index (χ2n) is 5.61. The fourth-order valence-electron chi connectivity index (χ4n) is 2.39. The Labute approximate surface area is 131 Å². The van der Waals surface area contributed by atoms with Crippen molar-refractivity contribution in [3.63, 3.8) is 0 Å². The largest absolute Gasteiger partial charge is 0.459 e. The molecule has 2 rings (SSSR count). The van der Waals surface area contributed by atoms with E-state index in [1.54, 1.807) is 12.1 Å². The van der Waals surface area contributed by atoms with Crippen LogP contribution in [0.1, 0.15) is 49.9 Å². The van der Waals surface area contributed by atoms with Crippen LogP contribution in [0.2, 0.25) is 0 Å². The molecule has 2 N–H and O–H groups in total. The average molecular weight is 306 g/mol. The van der Waals surface area contributed by atoms with E-state index in [9.17, 15) is 4.79 Å². The molecule has 1 aromatic carbocycles. The first kappa shape index (κ1) is 15.8. The molecule has 4 nitrogen and oxygen atoms in total. The van der Waals surface area contributed by atoms with Crippen LogP contribution in [0, 0.1) is 0 Å². The lowest BCUT2D eigenvalue weighted by Crippen LogP contribution is -2.35. The molecule has 0 spiro atoms. The minimum absolute atomic E-state index is 0.113. The number of rotatable bonds is 4. The second-order valence-corrected chi connectivity index (χ2v) is 6.02. The number of hydrogen-bond donors (Lipinski definition) is 2. The smallest absolute Gasteiger partial charge is 0.338 e. The van der Waals surface area contributed by atoms with Gasteiger partial charge in [-0.05, 0) is 63.2 Å². The van der Waals surface area contributed by atoms with E-state index in [4.69, 9.17) is 17.0 Å². The molecule has 0 aliphatic heterocycles. The van der Waals surface area contributed by atoms with E-state index in [2.05, 4.69) is 10.6 Å². The van der Waals surface area contributed by atoms with Gasteiger partial charge in [0.15, 0.2) is 5.11 Å². The summed E-state index contributed by atoms with van der Waals surface area (Å²) < 4.78 is 5.15. The van der Waals surface area contributed by atoms with Gasteiger partial charge in [-0.15, -0.1) is 0 Å². The summed E-state index contributed by atoms with van der Waals surface area (Å²) in [6.07, 6.45) is 4.79. The Hall–Kier alpha value is -1.62. The van der Waals surface area contributed by atoms with Gasteiger partial charge >= 0.3 is 5.97 Å². The minimum atomic E-state index is -0.303. The maximum atomic E-state index is 11.7. The molecule has 1 fully saturated rings. The highest BCUT2D eigenvalue weighted by Crippen LogP contribution is 2.18. The third-order valence-corrected chi connectivity index (χ3v) is 3.63.